The first-order chi connectivity index (χ1) is 34.6. The van der Waals surface area contributed by atoms with Gasteiger partial charge in [0, 0.05) is 67.3 Å². The minimum atomic E-state index is -0.833. The van der Waals surface area contributed by atoms with Crippen molar-refractivity contribution in [2.24, 2.45) is 0 Å². The van der Waals surface area contributed by atoms with E-state index in [4.69, 9.17) is 38.3 Å². The highest BCUT2D eigenvalue weighted by Gasteiger charge is 2.21. The van der Waals surface area contributed by atoms with Crippen LogP contribution in [0.25, 0.3) is 11.2 Å². The number of hydrogen-bond acceptors (Lipinski definition) is 18. The number of imidazole rings is 1. The highest BCUT2D eigenvalue weighted by atomic mass is 79.9. The lowest BCUT2D eigenvalue weighted by Gasteiger charge is -2.19. The number of fused-ring (bicyclic) bond motifs is 1. The molecule has 0 spiro atoms. The smallest absolute Gasteiger partial charge is 0.407 e. The molecule has 420 valence electrons. The molecule has 7 N–H and O–H groups in total. The molecule has 0 saturated carbocycles. The fourth-order valence-electron chi connectivity index (χ4n) is 5.42. The molecule has 75 heavy (non-hydrogen) atoms. The Morgan fingerprint density at radius 1 is 0.587 bits per heavy atom. The molecular formula is C48H74Br2N10O15. The number of aliphatic carboxylic acids is 1. The van der Waals surface area contributed by atoms with Gasteiger partial charge in [-0.05, 0) is 127 Å². The molecule has 3 heterocycles. The monoisotopic (exact) mass is 1190 g/mol. The minimum absolute atomic E-state index is 0.00554. The van der Waals surface area contributed by atoms with Crippen molar-refractivity contribution < 1.29 is 71.9 Å². The number of nitrogens with zero attached hydrogens (tertiary/aromatic N) is 4. The number of carbonyl (C=O) groups is 8. The van der Waals surface area contributed by atoms with Crippen LogP contribution >= 0.6 is 31.9 Å². The molecule has 0 fully saturated rings. The number of anilines is 2. The molecule has 5 amide bonds. The number of alkyl carbamates (subject to hydrolysis) is 4. The SMILES string of the molecule is CC(=O)O.CC(C)(C)OC(=O)NCCC(=O)Nc1cc(Br)cnc1NCCOC(=O)CCNC(=O)OC(C)(C)C.CC(C)(C)OC(=O)NCCC(=O)OCCn1c(CCNC(=O)OC(C)(C)C)nc2cc(Br)cnc21. The number of aromatic nitrogens is 4. The van der Waals surface area contributed by atoms with Crippen LogP contribution in [0, 0.1) is 0 Å². The highest BCUT2D eigenvalue weighted by Crippen LogP contribution is 2.24. The number of carboxylic acid groups (broad SMARTS) is 1. The van der Waals surface area contributed by atoms with Gasteiger partial charge in [0.1, 0.15) is 52.8 Å². The maximum absolute atomic E-state index is 12.3. The second kappa shape index (κ2) is 32.0. The lowest BCUT2D eigenvalue weighted by Crippen LogP contribution is -2.34. The van der Waals surface area contributed by atoms with Crippen molar-refractivity contribution in [3.63, 3.8) is 0 Å². The van der Waals surface area contributed by atoms with Crippen molar-refractivity contribution >= 4 is 103 Å². The van der Waals surface area contributed by atoms with Gasteiger partial charge in [-0.15, -0.1) is 0 Å². The van der Waals surface area contributed by atoms with Crippen LogP contribution in [0.3, 0.4) is 0 Å². The Morgan fingerprint density at radius 2 is 1.00 bits per heavy atom. The largest absolute Gasteiger partial charge is 0.481 e. The van der Waals surface area contributed by atoms with Crippen LogP contribution < -0.4 is 31.9 Å². The first-order valence-electron chi connectivity index (χ1n) is 23.7. The molecule has 0 aliphatic carbocycles. The number of ether oxygens (including phenoxy) is 6. The fourth-order valence-corrected chi connectivity index (χ4v) is 6.07. The van der Waals surface area contributed by atoms with Gasteiger partial charge in [0.2, 0.25) is 5.91 Å². The van der Waals surface area contributed by atoms with Crippen molar-refractivity contribution in [2.45, 2.75) is 145 Å². The Balaban J connectivity index is 0.000000699. The molecule has 3 rings (SSSR count). The van der Waals surface area contributed by atoms with Crippen molar-refractivity contribution in [2.75, 3.05) is 56.6 Å². The van der Waals surface area contributed by atoms with E-state index in [9.17, 15) is 33.6 Å². The maximum Gasteiger partial charge on any atom is 0.407 e. The van der Waals surface area contributed by atoms with Gasteiger partial charge >= 0.3 is 36.3 Å². The maximum atomic E-state index is 12.3. The summed E-state index contributed by atoms with van der Waals surface area (Å²) in [6.45, 7) is 23.6. The van der Waals surface area contributed by atoms with Crippen molar-refractivity contribution in [3.05, 3.63) is 39.3 Å². The molecule has 0 bridgehead atoms. The average molecular weight is 1190 g/mol. The quantitative estimate of drug-likeness (QED) is 0.0329. The molecule has 27 heteroatoms. The zero-order valence-electron chi connectivity index (χ0n) is 45.0. The predicted molar refractivity (Wildman–Crippen MR) is 284 cm³/mol. The number of esters is 2. The number of carboxylic acids is 1. The Morgan fingerprint density at radius 3 is 1.47 bits per heavy atom. The van der Waals surface area contributed by atoms with Crippen LogP contribution in [0.15, 0.2) is 33.5 Å². The Kier molecular flexibility index (Phi) is 28.4. The number of hydrogen-bond donors (Lipinski definition) is 7. The molecule has 25 nitrogen and oxygen atoms in total. The van der Waals surface area contributed by atoms with Crippen LogP contribution in [-0.2, 0) is 60.6 Å². The second-order valence-electron chi connectivity index (χ2n) is 19.9. The summed E-state index contributed by atoms with van der Waals surface area (Å²) in [5.41, 5.74) is -0.698. The molecule has 0 unspecified atom stereocenters. The Hall–Kier alpha value is -6.51. The lowest BCUT2D eigenvalue weighted by molar-refractivity contribution is -0.144. The van der Waals surface area contributed by atoms with Crippen LogP contribution in [0.2, 0.25) is 0 Å². The summed E-state index contributed by atoms with van der Waals surface area (Å²) in [7, 11) is 0. The van der Waals surface area contributed by atoms with E-state index in [1.54, 1.807) is 102 Å². The summed E-state index contributed by atoms with van der Waals surface area (Å²) in [4.78, 5) is 105. The summed E-state index contributed by atoms with van der Waals surface area (Å²) in [6.07, 6.45) is 1.39. The van der Waals surface area contributed by atoms with E-state index in [2.05, 4.69) is 78.7 Å². The minimum Gasteiger partial charge on any atom is -0.481 e. The van der Waals surface area contributed by atoms with Gasteiger partial charge in [-0.2, -0.15) is 0 Å². The molecule has 0 aliphatic heterocycles. The first-order valence-corrected chi connectivity index (χ1v) is 25.3. The van der Waals surface area contributed by atoms with E-state index in [1.165, 1.54) is 0 Å². The van der Waals surface area contributed by atoms with E-state index < -0.39 is 64.7 Å². The standard InChI is InChI=1S/C23H36BrN5O7.C23H34BrN5O6.C2H4O2/c1-22(2,3)35-20(32)26-9-7-17(30)29-16-13-15(24)14-28-19(16)25-11-12-34-18(31)8-10-27-21(33)36-23(4,5)6;1-22(2,3)34-20(31)25-9-7-17-28-16-13-15(24)14-27-19(16)29(17)11-12-33-18(30)8-10-26-21(32)35-23(4,5)6;1-2(3)4/h13-14H,7-12H2,1-6H3,(H,25,28)(H,26,32)(H,27,33)(H,29,30);13-14H,7-12H2,1-6H3,(H,25,31)(H,26,32);1H3,(H,3,4). The Labute approximate surface area is 454 Å². The molecule has 3 aromatic heterocycles. The van der Waals surface area contributed by atoms with E-state index in [0.717, 1.165) is 11.4 Å². The third-order valence-electron chi connectivity index (χ3n) is 8.03. The van der Waals surface area contributed by atoms with Crippen molar-refractivity contribution in [1.82, 2.24) is 40.8 Å². The second-order valence-corrected chi connectivity index (χ2v) is 21.7. The zero-order valence-corrected chi connectivity index (χ0v) is 48.2. The molecule has 0 radical (unpaired) electrons. The summed E-state index contributed by atoms with van der Waals surface area (Å²) in [6, 6.07) is 3.51. The summed E-state index contributed by atoms with van der Waals surface area (Å²) >= 11 is 6.71. The predicted octanol–water partition coefficient (Wildman–Crippen LogP) is 7.38. The normalized spacial score (nSPS) is 11.2. The third kappa shape index (κ3) is 33.8. The number of halogens is 2. The molecule has 3 aromatic rings. The van der Waals surface area contributed by atoms with Gasteiger partial charge in [0.25, 0.3) is 5.97 Å². The molecular weight excluding hydrogens is 1120 g/mol. The lowest BCUT2D eigenvalue weighted by atomic mass is 10.2. The van der Waals surface area contributed by atoms with Crippen molar-refractivity contribution in [3.8, 4) is 0 Å². The van der Waals surface area contributed by atoms with Gasteiger partial charge in [-0.25, -0.2) is 34.1 Å². The average Bonchev–Trinajstić information content (AvgIpc) is 3.56. The molecule has 0 saturated heterocycles. The van der Waals surface area contributed by atoms with Gasteiger partial charge in [-0.1, -0.05) is 0 Å². The van der Waals surface area contributed by atoms with Crippen LogP contribution in [0.4, 0.5) is 30.7 Å². The van der Waals surface area contributed by atoms with E-state index in [1.807, 2.05) is 10.6 Å². The Bertz CT molecular complexity index is 2370. The molecule has 0 aliphatic rings. The zero-order chi connectivity index (χ0) is 57.2. The molecule has 0 aromatic carbocycles. The van der Waals surface area contributed by atoms with Crippen molar-refractivity contribution in [1.29, 1.82) is 0 Å². The summed E-state index contributed by atoms with van der Waals surface area (Å²) in [5.74, 6) is -1.03. The first kappa shape index (κ1) is 66.5. The van der Waals surface area contributed by atoms with Gasteiger partial charge in [0.05, 0.1) is 31.6 Å². The topological polar surface area (TPSA) is 328 Å². The van der Waals surface area contributed by atoms with E-state index in [0.29, 0.717) is 52.5 Å². The fraction of sp³-hybridized carbons (Fsp3) is 0.604. The summed E-state index contributed by atoms with van der Waals surface area (Å²) < 4.78 is 34.3. The van der Waals surface area contributed by atoms with E-state index in [-0.39, 0.29) is 64.6 Å². The highest BCUT2D eigenvalue weighted by molar-refractivity contribution is 9.10. The number of rotatable bonds is 20. The van der Waals surface area contributed by atoms with Crippen LogP contribution in [-0.4, -0.2) is 141 Å². The summed E-state index contributed by atoms with van der Waals surface area (Å²) in [5, 5.41) is 23.4. The van der Waals surface area contributed by atoms with Crippen LogP contribution in [0.1, 0.15) is 115 Å². The number of amides is 5. The molecule has 0 atom stereocenters. The van der Waals surface area contributed by atoms with Crippen LogP contribution in [0.5, 0.6) is 0 Å². The number of pyridine rings is 2. The van der Waals surface area contributed by atoms with Gasteiger partial charge < -0.3 is 70.0 Å². The van der Waals surface area contributed by atoms with Gasteiger partial charge in [-0.3, -0.25) is 19.2 Å². The number of carbonyl (C=O) groups excluding carboxylic acids is 7. The van der Waals surface area contributed by atoms with E-state index >= 15 is 0 Å². The number of nitrogens with one attached hydrogen (secondary N) is 6. The third-order valence-corrected chi connectivity index (χ3v) is 8.89. The van der Waals surface area contributed by atoms with Gasteiger partial charge in [0.15, 0.2) is 5.65 Å².